The molecule has 5 nitrogen and oxygen atoms in total. The Labute approximate surface area is 113 Å². The average molecular weight is 285 g/mol. The molecule has 2 N–H and O–H groups in total. The van der Waals surface area contributed by atoms with Gasteiger partial charge in [0.15, 0.2) is 0 Å². The number of carboxylic acid groups (broad SMARTS) is 1. The summed E-state index contributed by atoms with van der Waals surface area (Å²) in [5.41, 5.74) is 1.06. The van der Waals surface area contributed by atoms with Gasteiger partial charge in [0.05, 0.1) is 4.90 Å². The van der Waals surface area contributed by atoms with Gasteiger partial charge in [-0.05, 0) is 37.0 Å². The van der Waals surface area contributed by atoms with Crippen LogP contribution in [0.25, 0.3) is 0 Å². The van der Waals surface area contributed by atoms with E-state index in [4.69, 9.17) is 5.11 Å². The van der Waals surface area contributed by atoms with Crippen LogP contribution in [0.4, 0.5) is 0 Å². The number of hydrogen-bond acceptors (Lipinski definition) is 3. The van der Waals surface area contributed by atoms with Crippen LogP contribution in [-0.2, 0) is 21.2 Å². The van der Waals surface area contributed by atoms with Crippen molar-refractivity contribution in [2.24, 2.45) is 5.92 Å². The molecule has 19 heavy (non-hydrogen) atoms. The predicted octanol–water partition coefficient (Wildman–Crippen LogP) is 1.64. The molecule has 0 spiro atoms. The van der Waals surface area contributed by atoms with E-state index in [9.17, 15) is 13.2 Å². The second kappa shape index (κ2) is 6.16. The maximum atomic E-state index is 11.9. The molecule has 6 heteroatoms. The molecule has 1 atom stereocenters. The lowest BCUT2D eigenvalue weighted by molar-refractivity contribution is -0.138. The Hall–Kier alpha value is -1.40. The molecule has 0 aliphatic heterocycles. The molecule has 0 fully saturated rings. The molecule has 0 aliphatic carbocycles. The second-order valence-corrected chi connectivity index (χ2v) is 6.64. The third-order valence-electron chi connectivity index (χ3n) is 2.58. The largest absolute Gasteiger partial charge is 0.480 e. The highest BCUT2D eigenvalue weighted by atomic mass is 32.2. The van der Waals surface area contributed by atoms with E-state index in [0.29, 0.717) is 5.92 Å². The van der Waals surface area contributed by atoms with Gasteiger partial charge in [0.2, 0.25) is 10.0 Å². The summed E-state index contributed by atoms with van der Waals surface area (Å²) in [6, 6.07) is 5.34. The van der Waals surface area contributed by atoms with Crippen molar-refractivity contribution in [2.75, 3.05) is 0 Å². The third kappa shape index (κ3) is 4.65. The molecule has 0 aromatic heterocycles. The molecule has 0 amide bonds. The van der Waals surface area contributed by atoms with Gasteiger partial charge < -0.3 is 5.11 Å². The number of carboxylic acids is 1. The fourth-order valence-corrected chi connectivity index (χ4v) is 2.82. The molecular formula is C13H19NO4S. The number of benzene rings is 1. The van der Waals surface area contributed by atoms with E-state index in [1.807, 2.05) is 0 Å². The van der Waals surface area contributed by atoms with Gasteiger partial charge in [0, 0.05) is 0 Å². The maximum absolute atomic E-state index is 11.9. The van der Waals surface area contributed by atoms with E-state index in [2.05, 4.69) is 18.6 Å². The molecule has 1 aromatic rings. The fraction of sp³-hybridized carbons (Fsp3) is 0.462. The smallest absolute Gasteiger partial charge is 0.321 e. The van der Waals surface area contributed by atoms with Gasteiger partial charge in [-0.3, -0.25) is 4.79 Å². The molecule has 1 aromatic carbocycles. The monoisotopic (exact) mass is 285 g/mol. The molecule has 0 saturated carbocycles. The van der Waals surface area contributed by atoms with Crippen molar-refractivity contribution in [2.45, 2.75) is 38.1 Å². The topological polar surface area (TPSA) is 83.5 Å². The summed E-state index contributed by atoms with van der Waals surface area (Å²) in [7, 11) is -3.78. The van der Waals surface area contributed by atoms with Crippen molar-refractivity contribution in [1.29, 1.82) is 0 Å². The Kier molecular flexibility index (Phi) is 5.08. The van der Waals surface area contributed by atoms with Crippen LogP contribution in [0.5, 0.6) is 0 Å². The van der Waals surface area contributed by atoms with Gasteiger partial charge >= 0.3 is 5.97 Å². The van der Waals surface area contributed by atoms with Crippen molar-refractivity contribution < 1.29 is 18.3 Å². The first-order valence-corrected chi connectivity index (χ1v) is 7.55. The van der Waals surface area contributed by atoms with Crippen LogP contribution >= 0.6 is 0 Å². The Morgan fingerprint density at radius 2 is 1.74 bits per heavy atom. The summed E-state index contributed by atoms with van der Waals surface area (Å²) in [4.78, 5) is 10.7. The molecule has 0 heterocycles. The van der Waals surface area contributed by atoms with Crippen molar-refractivity contribution in [3.05, 3.63) is 29.8 Å². The zero-order valence-electron chi connectivity index (χ0n) is 11.3. The van der Waals surface area contributed by atoms with E-state index in [0.717, 1.165) is 12.0 Å². The lowest BCUT2D eigenvalue weighted by Gasteiger charge is -2.11. The zero-order chi connectivity index (χ0) is 14.6. The van der Waals surface area contributed by atoms with Crippen LogP contribution in [0.15, 0.2) is 29.2 Å². The summed E-state index contributed by atoms with van der Waals surface area (Å²) in [6.45, 7) is 5.45. The summed E-state index contributed by atoms with van der Waals surface area (Å²) in [5.74, 6) is -0.715. The number of sulfonamides is 1. The van der Waals surface area contributed by atoms with Crippen LogP contribution < -0.4 is 4.72 Å². The number of nitrogens with one attached hydrogen (secondary N) is 1. The Bertz CT molecular complexity index is 534. The van der Waals surface area contributed by atoms with E-state index in [-0.39, 0.29) is 4.90 Å². The van der Waals surface area contributed by atoms with Crippen LogP contribution in [-0.4, -0.2) is 25.5 Å². The van der Waals surface area contributed by atoms with Crippen LogP contribution in [0.1, 0.15) is 26.3 Å². The molecular weight excluding hydrogens is 266 g/mol. The number of rotatable bonds is 6. The van der Waals surface area contributed by atoms with Crippen molar-refractivity contribution in [3.8, 4) is 0 Å². The lowest BCUT2D eigenvalue weighted by Crippen LogP contribution is -2.38. The van der Waals surface area contributed by atoms with Crippen molar-refractivity contribution >= 4 is 16.0 Å². The minimum Gasteiger partial charge on any atom is -0.480 e. The summed E-state index contributed by atoms with van der Waals surface area (Å²) < 4.78 is 25.9. The normalized spacial score (nSPS) is 13.5. The Morgan fingerprint density at radius 3 is 2.16 bits per heavy atom. The SMILES string of the molecule is CC(C)Cc1ccc(S(=O)(=O)N[C@H](C)C(=O)O)cc1. The van der Waals surface area contributed by atoms with Crippen molar-refractivity contribution in [3.63, 3.8) is 0 Å². The minimum atomic E-state index is -3.78. The van der Waals surface area contributed by atoms with E-state index in [1.165, 1.54) is 19.1 Å². The molecule has 1 rings (SSSR count). The Morgan fingerprint density at radius 1 is 1.21 bits per heavy atom. The fourth-order valence-electron chi connectivity index (χ4n) is 1.63. The number of hydrogen-bond donors (Lipinski definition) is 2. The summed E-state index contributed by atoms with van der Waals surface area (Å²) in [6.07, 6.45) is 0.874. The highest BCUT2D eigenvalue weighted by Crippen LogP contribution is 2.13. The molecule has 0 saturated heterocycles. The van der Waals surface area contributed by atoms with Gasteiger partial charge in [-0.2, -0.15) is 4.72 Å². The molecule has 0 bridgehead atoms. The first-order valence-electron chi connectivity index (χ1n) is 6.06. The highest BCUT2D eigenvalue weighted by Gasteiger charge is 2.21. The standard InChI is InChI=1S/C13H19NO4S/c1-9(2)8-11-4-6-12(7-5-11)19(17,18)14-10(3)13(15)16/h4-7,9-10,14H,8H2,1-3H3,(H,15,16)/t10-/m1/s1. The van der Waals surface area contributed by atoms with Gasteiger partial charge in [0.25, 0.3) is 0 Å². The molecule has 106 valence electrons. The quantitative estimate of drug-likeness (QED) is 0.832. The Balaban J connectivity index is 2.88. The minimum absolute atomic E-state index is 0.0770. The summed E-state index contributed by atoms with van der Waals surface area (Å²) in [5, 5.41) is 8.71. The summed E-state index contributed by atoms with van der Waals surface area (Å²) >= 11 is 0. The maximum Gasteiger partial charge on any atom is 0.321 e. The zero-order valence-corrected chi connectivity index (χ0v) is 12.1. The van der Waals surface area contributed by atoms with Gasteiger partial charge in [-0.1, -0.05) is 26.0 Å². The molecule has 0 aliphatic rings. The second-order valence-electron chi connectivity index (χ2n) is 4.92. The average Bonchev–Trinajstić information content (AvgIpc) is 2.28. The van der Waals surface area contributed by atoms with E-state index >= 15 is 0 Å². The first kappa shape index (κ1) is 15.7. The van der Waals surface area contributed by atoms with Crippen LogP contribution in [0.3, 0.4) is 0 Å². The lowest BCUT2D eigenvalue weighted by atomic mass is 10.0. The van der Waals surface area contributed by atoms with Crippen LogP contribution in [0, 0.1) is 5.92 Å². The van der Waals surface area contributed by atoms with Gasteiger partial charge in [-0.15, -0.1) is 0 Å². The van der Waals surface area contributed by atoms with E-state index < -0.39 is 22.0 Å². The molecule has 0 radical (unpaired) electrons. The van der Waals surface area contributed by atoms with Gasteiger partial charge in [-0.25, -0.2) is 8.42 Å². The number of carbonyl (C=O) groups is 1. The van der Waals surface area contributed by atoms with Crippen LogP contribution in [0.2, 0.25) is 0 Å². The van der Waals surface area contributed by atoms with Crippen molar-refractivity contribution in [1.82, 2.24) is 4.72 Å². The first-order chi connectivity index (χ1) is 8.72. The third-order valence-corrected chi connectivity index (χ3v) is 4.14. The predicted molar refractivity (Wildman–Crippen MR) is 72.4 cm³/mol. The highest BCUT2D eigenvalue weighted by molar-refractivity contribution is 7.89. The van der Waals surface area contributed by atoms with E-state index in [1.54, 1.807) is 12.1 Å². The number of aliphatic carboxylic acids is 1. The van der Waals surface area contributed by atoms with Gasteiger partial charge in [0.1, 0.15) is 6.04 Å². The molecule has 0 unspecified atom stereocenters.